The first-order valence-electron chi connectivity index (χ1n) is 6.93. The molecule has 1 amide bonds. The summed E-state index contributed by atoms with van der Waals surface area (Å²) in [5.74, 6) is 0.0347. The number of hydrogen-bond donors (Lipinski definition) is 1. The number of carbonyl (C=O) groups excluding carboxylic acids is 1. The summed E-state index contributed by atoms with van der Waals surface area (Å²) in [5.41, 5.74) is 3.33. The molecule has 0 fully saturated rings. The molecular weight excluding hydrogens is 268 g/mol. The maximum atomic E-state index is 12.4. The minimum atomic E-state index is -0.0118. The van der Waals surface area contributed by atoms with Crippen molar-refractivity contribution in [3.63, 3.8) is 0 Å². The second-order valence-corrected chi connectivity index (χ2v) is 5.29. The summed E-state index contributed by atoms with van der Waals surface area (Å²) in [4.78, 5) is 20.6. The molecule has 0 radical (unpaired) electrons. The molecule has 1 aliphatic rings. The number of aromatic nitrogens is 3. The number of carbonyl (C=O) groups is 1. The van der Waals surface area contributed by atoms with Crippen LogP contribution in [0.5, 0.6) is 0 Å². The normalized spacial score (nSPS) is 17.6. The Labute approximate surface area is 120 Å². The van der Waals surface area contributed by atoms with E-state index < -0.39 is 0 Å². The van der Waals surface area contributed by atoms with Gasteiger partial charge in [0.1, 0.15) is 5.52 Å². The van der Waals surface area contributed by atoms with E-state index in [4.69, 9.17) is 4.42 Å². The van der Waals surface area contributed by atoms with Crippen molar-refractivity contribution in [2.75, 3.05) is 5.32 Å². The highest BCUT2D eigenvalue weighted by atomic mass is 16.3. The standard InChI is InChI=1S/C15H14N4O2/c20-15(10-3-4-19-8-16-7-12(19)5-10)18-11-1-2-14-13(6-11)17-9-21-14/h1-2,6-10H,3-5H2,(H,18,20). The average Bonchev–Trinajstić information content (AvgIpc) is 3.14. The number of rotatable bonds is 2. The summed E-state index contributed by atoms with van der Waals surface area (Å²) in [6.07, 6.45) is 6.63. The first-order chi connectivity index (χ1) is 10.3. The fourth-order valence-electron chi connectivity index (χ4n) is 2.77. The Morgan fingerprint density at radius 3 is 3.33 bits per heavy atom. The van der Waals surface area contributed by atoms with Gasteiger partial charge in [0.2, 0.25) is 5.91 Å². The van der Waals surface area contributed by atoms with Gasteiger partial charge in [-0.2, -0.15) is 0 Å². The second-order valence-electron chi connectivity index (χ2n) is 5.29. The number of amides is 1. The smallest absolute Gasteiger partial charge is 0.227 e. The largest absolute Gasteiger partial charge is 0.443 e. The first-order valence-corrected chi connectivity index (χ1v) is 6.93. The molecule has 3 heterocycles. The molecule has 1 atom stereocenters. The molecule has 1 aliphatic heterocycles. The van der Waals surface area contributed by atoms with Gasteiger partial charge in [-0.3, -0.25) is 4.79 Å². The number of nitrogens with zero attached hydrogens (tertiary/aromatic N) is 3. The number of hydrogen-bond acceptors (Lipinski definition) is 4. The zero-order chi connectivity index (χ0) is 14.2. The van der Waals surface area contributed by atoms with Crippen LogP contribution in [0.3, 0.4) is 0 Å². The van der Waals surface area contributed by atoms with Gasteiger partial charge in [-0.05, 0) is 24.6 Å². The van der Waals surface area contributed by atoms with E-state index in [9.17, 15) is 4.79 Å². The highest BCUT2D eigenvalue weighted by molar-refractivity contribution is 5.94. The van der Waals surface area contributed by atoms with E-state index in [2.05, 4.69) is 19.9 Å². The predicted molar refractivity (Wildman–Crippen MR) is 76.7 cm³/mol. The number of oxazole rings is 1. The van der Waals surface area contributed by atoms with Crippen molar-refractivity contribution >= 4 is 22.7 Å². The van der Waals surface area contributed by atoms with Crippen LogP contribution < -0.4 is 5.32 Å². The van der Waals surface area contributed by atoms with E-state index in [-0.39, 0.29) is 11.8 Å². The van der Waals surface area contributed by atoms with Gasteiger partial charge in [-0.15, -0.1) is 0 Å². The van der Waals surface area contributed by atoms with Crippen LogP contribution in [0.4, 0.5) is 5.69 Å². The number of fused-ring (bicyclic) bond motifs is 2. The zero-order valence-corrected chi connectivity index (χ0v) is 11.3. The molecule has 1 aromatic carbocycles. The van der Waals surface area contributed by atoms with E-state index in [1.165, 1.54) is 6.39 Å². The molecule has 6 heteroatoms. The van der Waals surface area contributed by atoms with Crippen molar-refractivity contribution in [3.05, 3.63) is 42.8 Å². The summed E-state index contributed by atoms with van der Waals surface area (Å²) in [6.45, 7) is 0.843. The number of nitrogens with one attached hydrogen (secondary N) is 1. The highest BCUT2D eigenvalue weighted by Gasteiger charge is 2.24. The molecule has 0 aliphatic carbocycles. The minimum absolute atomic E-state index is 0.0118. The molecular formula is C15H14N4O2. The van der Waals surface area contributed by atoms with E-state index >= 15 is 0 Å². The molecule has 3 aromatic rings. The second kappa shape index (κ2) is 4.73. The van der Waals surface area contributed by atoms with Crippen molar-refractivity contribution < 1.29 is 9.21 Å². The number of anilines is 1. The average molecular weight is 282 g/mol. The zero-order valence-electron chi connectivity index (χ0n) is 11.3. The molecule has 0 bridgehead atoms. The molecule has 0 saturated carbocycles. The topological polar surface area (TPSA) is 73.0 Å². The van der Waals surface area contributed by atoms with Gasteiger partial charge in [0, 0.05) is 36.5 Å². The molecule has 106 valence electrons. The van der Waals surface area contributed by atoms with Crippen molar-refractivity contribution in [2.45, 2.75) is 19.4 Å². The lowest BCUT2D eigenvalue weighted by Crippen LogP contribution is -2.29. The van der Waals surface area contributed by atoms with E-state index in [0.717, 1.165) is 41.9 Å². The third-order valence-corrected chi connectivity index (χ3v) is 3.94. The maximum absolute atomic E-state index is 12.4. The van der Waals surface area contributed by atoms with E-state index in [1.54, 1.807) is 0 Å². The van der Waals surface area contributed by atoms with Gasteiger partial charge in [0.15, 0.2) is 12.0 Å². The minimum Gasteiger partial charge on any atom is -0.443 e. The Balaban J connectivity index is 1.50. The van der Waals surface area contributed by atoms with Crippen LogP contribution in [0, 0.1) is 5.92 Å². The van der Waals surface area contributed by atoms with Crippen molar-refractivity contribution in [3.8, 4) is 0 Å². The molecule has 0 saturated heterocycles. The Kier molecular flexibility index (Phi) is 2.73. The molecule has 1 N–H and O–H groups in total. The van der Waals surface area contributed by atoms with Crippen molar-refractivity contribution in [1.82, 2.24) is 14.5 Å². The van der Waals surface area contributed by atoms with Crippen molar-refractivity contribution in [2.24, 2.45) is 5.92 Å². The fraction of sp³-hybridized carbons (Fsp3) is 0.267. The molecule has 2 aromatic heterocycles. The molecule has 0 spiro atoms. The Bertz CT molecular complexity index is 805. The first kappa shape index (κ1) is 12.1. The summed E-state index contributed by atoms with van der Waals surface area (Å²) in [5, 5.41) is 2.97. The molecule has 4 rings (SSSR count). The fourth-order valence-corrected chi connectivity index (χ4v) is 2.77. The number of imidazole rings is 1. The lowest BCUT2D eigenvalue weighted by Gasteiger charge is -2.22. The van der Waals surface area contributed by atoms with Gasteiger partial charge < -0.3 is 14.3 Å². The molecule has 21 heavy (non-hydrogen) atoms. The van der Waals surface area contributed by atoms with Crippen LogP contribution in [-0.4, -0.2) is 20.4 Å². The summed E-state index contributed by atoms with van der Waals surface area (Å²) >= 11 is 0. The Morgan fingerprint density at radius 2 is 2.38 bits per heavy atom. The predicted octanol–water partition coefficient (Wildman–Crippen LogP) is 2.23. The van der Waals surface area contributed by atoms with Crippen molar-refractivity contribution in [1.29, 1.82) is 0 Å². The van der Waals surface area contributed by atoms with Gasteiger partial charge in [-0.1, -0.05) is 0 Å². The summed E-state index contributed by atoms with van der Waals surface area (Å²) in [7, 11) is 0. The Hall–Kier alpha value is -2.63. The summed E-state index contributed by atoms with van der Waals surface area (Å²) in [6, 6.07) is 5.47. The molecule has 6 nitrogen and oxygen atoms in total. The summed E-state index contributed by atoms with van der Waals surface area (Å²) < 4.78 is 7.29. The Morgan fingerprint density at radius 1 is 1.43 bits per heavy atom. The number of aryl methyl sites for hydroxylation is 1. The van der Waals surface area contributed by atoms with Crippen LogP contribution in [-0.2, 0) is 17.8 Å². The van der Waals surface area contributed by atoms with E-state index in [1.807, 2.05) is 30.7 Å². The highest BCUT2D eigenvalue weighted by Crippen LogP contribution is 2.23. The van der Waals surface area contributed by atoms with Crippen LogP contribution in [0.25, 0.3) is 11.1 Å². The van der Waals surface area contributed by atoms with Gasteiger partial charge in [0.05, 0.1) is 6.33 Å². The SMILES string of the molecule is O=C(Nc1ccc2ocnc2c1)C1CCn2cncc2C1. The monoisotopic (exact) mass is 282 g/mol. The van der Waals surface area contributed by atoms with Crippen LogP contribution in [0.1, 0.15) is 12.1 Å². The molecule has 1 unspecified atom stereocenters. The lowest BCUT2D eigenvalue weighted by atomic mass is 9.95. The van der Waals surface area contributed by atoms with E-state index in [0.29, 0.717) is 0 Å². The third-order valence-electron chi connectivity index (χ3n) is 3.94. The van der Waals surface area contributed by atoms with Gasteiger partial charge in [0.25, 0.3) is 0 Å². The van der Waals surface area contributed by atoms with Crippen LogP contribution in [0.2, 0.25) is 0 Å². The van der Waals surface area contributed by atoms with Gasteiger partial charge >= 0.3 is 0 Å². The van der Waals surface area contributed by atoms with Crippen LogP contribution >= 0.6 is 0 Å². The maximum Gasteiger partial charge on any atom is 0.227 e. The third kappa shape index (κ3) is 2.18. The van der Waals surface area contributed by atoms with Crippen LogP contribution in [0.15, 0.2) is 41.5 Å². The quantitative estimate of drug-likeness (QED) is 0.782. The lowest BCUT2D eigenvalue weighted by molar-refractivity contribution is -0.120. The van der Waals surface area contributed by atoms with Gasteiger partial charge in [-0.25, -0.2) is 9.97 Å². The number of benzene rings is 1.